The second kappa shape index (κ2) is 8.33. The maximum atomic E-state index is 13.0. The summed E-state index contributed by atoms with van der Waals surface area (Å²) in [6.07, 6.45) is -4.49. The third kappa shape index (κ3) is 4.58. The van der Waals surface area contributed by atoms with Gasteiger partial charge in [0, 0.05) is 19.5 Å². The number of carbonyl (C=O) groups is 2. The van der Waals surface area contributed by atoms with Crippen LogP contribution in [0.15, 0.2) is 53.4 Å². The SMILES string of the molecule is CCS(=O)(=O)c1ccccc1NC(=O)[C@H]1C(=O)N(C)C[C@@H]1c1ccc(C(F)(F)F)cc1. The van der Waals surface area contributed by atoms with Gasteiger partial charge in [0.1, 0.15) is 5.92 Å². The van der Waals surface area contributed by atoms with Gasteiger partial charge in [-0.15, -0.1) is 0 Å². The third-order valence-electron chi connectivity index (χ3n) is 5.32. The predicted molar refractivity (Wildman–Crippen MR) is 108 cm³/mol. The molecule has 0 spiro atoms. The van der Waals surface area contributed by atoms with Crippen LogP contribution in [-0.2, 0) is 25.6 Å². The van der Waals surface area contributed by atoms with Crippen molar-refractivity contribution in [2.75, 3.05) is 24.7 Å². The molecule has 0 bridgehead atoms. The molecule has 2 amide bonds. The molecule has 6 nitrogen and oxygen atoms in total. The van der Waals surface area contributed by atoms with Crippen molar-refractivity contribution in [3.05, 3.63) is 59.7 Å². The first kappa shape index (κ1) is 22.8. The lowest BCUT2D eigenvalue weighted by Crippen LogP contribution is -2.33. The van der Waals surface area contributed by atoms with E-state index in [4.69, 9.17) is 0 Å². The smallest absolute Gasteiger partial charge is 0.344 e. The van der Waals surface area contributed by atoms with Gasteiger partial charge >= 0.3 is 6.18 Å². The molecule has 0 unspecified atom stereocenters. The molecular weight excluding hydrogens is 433 g/mol. The molecule has 1 aliphatic rings. The Hall–Kier alpha value is -2.88. The quantitative estimate of drug-likeness (QED) is 0.703. The molecule has 166 valence electrons. The maximum absolute atomic E-state index is 13.0. The zero-order valence-corrected chi connectivity index (χ0v) is 17.6. The molecule has 0 radical (unpaired) electrons. The minimum absolute atomic E-state index is 0.0582. The van der Waals surface area contributed by atoms with Gasteiger partial charge in [-0.1, -0.05) is 31.2 Å². The minimum Gasteiger partial charge on any atom is -0.344 e. The van der Waals surface area contributed by atoms with Gasteiger partial charge in [0.05, 0.1) is 21.9 Å². The fraction of sp³-hybridized carbons (Fsp3) is 0.333. The highest BCUT2D eigenvalue weighted by Crippen LogP contribution is 2.36. The van der Waals surface area contributed by atoms with Crippen LogP contribution in [0.4, 0.5) is 18.9 Å². The first-order valence-electron chi connectivity index (χ1n) is 9.50. The van der Waals surface area contributed by atoms with Crippen molar-refractivity contribution in [2.24, 2.45) is 5.92 Å². The number of amides is 2. The van der Waals surface area contributed by atoms with Crippen LogP contribution in [-0.4, -0.2) is 44.5 Å². The summed E-state index contributed by atoms with van der Waals surface area (Å²) in [4.78, 5) is 26.9. The van der Waals surface area contributed by atoms with Crippen molar-refractivity contribution in [3.8, 4) is 0 Å². The third-order valence-corrected chi connectivity index (χ3v) is 7.11. The predicted octanol–water partition coefficient (Wildman–Crippen LogP) is 3.31. The van der Waals surface area contributed by atoms with Crippen molar-refractivity contribution >= 4 is 27.3 Å². The molecule has 10 heteroatoms. The van der Waals surface area contributed by atoms with Crippen molar-refractivity contribution in [3.63, 3.8) is 0 Å². The van der Waals surface area contributed by atoms with Crippen molar-refractivity contribution in [1.82, 2.24) is 4.90 Å². The molecule has 0 saturated carbocycles. The molecule has 3 rings (SSSR count). The summed E-state index contributed by atoms with van der Waals surface area (Å²) < 4.78 is 63.2. The lowest BCUT2D eigenvalue weighted by atomic mass is 9.87. The second-order valence-electron chi connectivity index (χ2n) is 7.31. The van der Waals surface area contributed by atoms with Gasteiger partial charge < -0.3 is 10.2 Å². The number of likely N-dealkylation sites (tertiary alicyclic amines) is 1. The summed E-state index contributed by atoms with van der Waals surface area (Å²) in [5.41, 5.74) is -0.350. The van der Waals surface area contributed by atoms with Crippen LogP contribution in [0, 0.1) is 5.92 Å². The number of nitrogens with one attached hydrogen (secondary N) is 1. The zero-order valence-electron chi connectivity index (χ0n) is 16.8. The standard InChI is InChI=1S/C21H21F3N2O4S/c1-3-31(29,30)17-7-5-4-6-16(17)25-19(27)18-15(12-26(2)20(18)28)13-8-10-14(11-9-13)21(22,23)24/h4-11,15,18H,3,12H2,1-2H3,(H,25,27)/t15-,18+/m1/s1. The maximum Gasteiger partial charge on any atom is 0.416 e. The Balaban J connectivity index is 1.92. The van der Waals surface area contributed by atoms with E-state index in [1.165, 1.54) is 49.2 Å². The first-order chi connectivity index (χ1) is 14.5. The highest BCUT2D eigenvalue weighted by molar-refractivity contribution is 7.91. The van der Waals surface area contributed by atoms with Gasteiger partial charge in [-0.05, 0) is 29.8 Å². The van der Waals surface area contributed by atoms with Gasteiger partial charge in [-0.25, -0.2) is 8.42 Å². The summed E-state index contributed by atoms with van der Waals surface area (Å²) in [7, 11) is -2.12. The van der Waals surface area contributed by atoms with E-state index < -0.39 is 45.2 Å². The van der Waals surface area contributed by atoms with Crippen molar-refractivity contribution in [2.45, 2.75) is 23.9 Å². The van der Waals surface area contributed by atoms with Crippen LogP contribution >= 0.6 is 0 Å². The average Bonchev–Trinajstić information content (AvgIpc) is 3.02. The van der Waals surface area contributed by atoms with Crippen molar-refractivity contribution < 1.29 is 31.2 Å². The number of para-hydroxylation sites is 1. The summed E-state index contributed by atoms with van der Waals surface area (Å²) >= 11 is 0. The van der Waals surface area contributed by atoms with Crippen LogP contribution in [0.2, 0.25) is 0 Å². The number of benzene rings is 2. The number of rotatable bonds is 5. The molecule has 0 aromatic heterocycles. The molecule has 2 atom stereocenters. The number of anilines is 1. The summed E-state index contributed by atoms with van der Waals surface area (Å²) in [6, 6.07) is 10.2. The second-order valence-corrected chi connectivity index (χ2v) is 9.56. The van der Waals surface area contributed by atoms with Crippen LogP contribution in [0.5, 0.6) is 0 Å². The number of halogens is 3. The van der Waals surface area contributed by atoms with Gasteiger partial charge in [-0.2, -0.15) is 13.2 Å². The van der Waals surface area contributed by atoms with Crippen LogP contribution in [0.1, 0.15) is 24.0 Å². The molecular formula is C21H21F3N2O4S. The van der Waals surface area contributed by atoms with E-state index in [2.05, 4.69) is 5.32 Å². The van der Waals surface area contributed by atoms with Gasteiger partial charge in [-0.3, -0.25) is 9.59 Å². The van der Waals surface area contributed by atoms with Gasteiger partial charge in [0.2, 0.25) is 11.8 Å². The van der Waals surface area contributed by atoms with Crippen LogP contribution in [0.25, 0.3) is 0 Å². The van der Waals surface area contributed by atoms with E-state index in [1.54, 1.807) is 6.07 Å². The molecule has 1 fully saturated rings. The topological polar surface area (TPSA) is 83.5 Å². The largest absolute Gasteiger partial charge is 0.416 e. The van der Waals surface area contributed by atoms with Crippen molar-refractivity contribution in [1.29, 1.82) is 0 Å². The Morgan fingerprint density at radius 2 is 1.74 bits per heavy atom. The fourth-order valence-electron chi connectivity index (χ4n) is 3.62. The number of carbonyl (C=O) groups excluding carboxylic acids is 2. The number of nitrogens with zero attached hydrogens (tertiary/aromatic N) is 1. The summed E-state index contributed by atoms with van der Waals surface area (Å²) in [5.74, 6) is -3.23. The zero-order chi connectivity index (χ0) is 23.0. The van der Waals surface area contributed by atoms with E-state index in [0.717, 1.165) is 12.1 Å². The van der Waals surface area contributed by atoms with E-state index in [0.29, 0.717) is 5.56 Å². The van der Waals surface area contributed by atoms with E-state index in [-0.39, 0.29) is 22.9 Å². The highest BCUT2D eigenvalue weighted by atomic mass is 32.2. The van der Waals surface area contributed by atoms with Gasteiger partial charge in [0.15, 0.2) is 9.84 Å². The normalized spacial score (nSPS) is 19.5. The molecule has 0 aliphatic carbocycles. The van der Waals surface area contributed by atoms with E-state index >= 15 is 0 Å². The molecule has 1 aliphatic heterocycles. The molecule has 31 heavy (non-hydrogen) atoms. The fourth-order valence-corrected chi connectivity index (χ4v) is 4.67. The Morgan fingerprint density at radius 3 is 2.32 bits per heavy atom. The molecule has 1 heterocycles. The van der Waals surface area contributed by atoms with Crippen LogP contribution < -0.4 is 5.32 Å². The first-order valence-corrected chi connectivity index (χ1v) is 11.2. The number of hydrogen-bond acceptors (Lipinski definition) is 4. The Labute approximate surface area is 178 Å². The lowest BCUT2D eigenvalue weighted by Gasteiger charge is -2.19. The molecule has 1 saturated heterocycles. The molecule has 2 aromatic rings. The number of likely N-dealkylation sites (N-methyl/N-ethyl adjacent to an activating group) is 1. The highest BCUT2D eigenvalue weighted by Gasteiger charge is 2.44. The van der Waals surface area contributed by atoms with E-state index in [1.807, 2.05) is 0 Å². The summed E-state index contributed by atoms with van der Waals surface area (Å²) in [5, 5.41) is 2.53. The molecule has 1 N–H and O–H groups in total. The average molecular weight is 454 g/mol. The number of hydrogen-bond donors (Lipinski definition) is 1. The minimum atomic E-state index is -4.49. The van der Waals surface area contributed by atoms with Gasteiger partial charge in [0.25, 0.3) is 0 Å². The Morgan fingerprint density at radius 1 is 1.13 bits per heavy atom. The number of sulfone groups is 1. The molecule has 2 aromatic carbocycles. The lowest BCUT2D eigenvalue weighted by molar-refractivity contribution is -0.138. The Kier molecular flexibility index (Phi) is 6.13. The Bertz CT molecular complexity index is 1100. The number of alkyl halides is 3. The van der Waals surface area contributed by atoms with E-state index in [9.17, 15) is 31.2 Å². The van der Waals surface area contributed by atoms with Crippen LogP contribution in [0.3, 0.4) is 0 Å². The monoisotopic (exact) mass is 454 g/mol. The summed E-state index contributed by atoms with van der Waals surface area (Å²) in [6.45, 7) is 1.63.